The zero-order valence-corrected chi connectivity index (χ0v) is 23.7. The lowest BCUT2D eigenvalue weighted by molar-refractivity contribution is -0.171. The second kappa shape index (κ2) is 9.51. The molecule has 1 aromatic carbocycles. The van der Waals surface area contributed by atoms with Crippen LogP contribution in [0.2, 0.25) is 0 Å². The fraction of sp³-hybridized carbons (Fsp3) is 0.516. The van der Waals surface area contributed by atoms with E-state index in [1.807, 2.05) is 0 Å². The predicted molar refractivity (Wildman–Crippen MR) is 144 cm³/mol. The predicted octanol–water partition coefficient (Wildman–Crippen LogP) is 3.83. The summed E-state index contributed by atoms with van der Waals surface area (Å²) in [5.41, 5.74) is -5.56. The molecule has 0 aliphatic heterocycles. The number of aliphatic hydroxyl groups excluding tert-OH is 2. The Morgan fingerprint density at radius 2 is 1.65 bits per heavy atom. The lowest BCUT2D eigenvalue weighted by Gasteiger charge is -2.59. The number of fused-ring (bicyclic) bond motifs is 3. The van der Waals surface area contributed by atoms with Gasteiger partial charge in [0.05, 0.1) is 5.56 Å². The number of Topliss-reactive ketones (excluding diaryl/α,β-unsaturated/α-hetero) is 5. The van der Waals surface area contributed by atoms with Crippen molar-refractivity contribution >= 4 is 28.9 Å². The molecule has 0 amide bonds. The Balaban J connectivity index is 1.90. The van der Waals surface area contributed by atoms with Crippen LogP contribution in [0.25, 0.3) is 0 Å². The van der Waals surface area contributed by atoms with E-state index < -0.39 is 62.5 Å². The zero-order valence-electron chi connectivity index (χ0n) is 23.7. The quantitative estimate of drug-likeness (QED) is 0.368. The average molecular weight is 553 g/mol. The summed E-state index contributed by atoms with van der Waals surface area (Å²) in [6.07, 6.45) is 0.0286. The highest BCUT2D eigenvalue weighted by atomic mass is 16.3. The lowest BCUT2D eigenvalue weighted by atomic mass is 9.44. The van der Waals surface area contributed by atoms with Gasteiger partial charge in [-0.1, -0.05) is 39.8 Å². The van der Waals surface area contributed by atoms with Gasteiger partial charge < -0.3 is 25.2 Å². The molecule has 1 aromatic rings. The van der Waals surface area contributed by atoms with Crippen LogP contribution in [-0.4, -0.2) is 54.9 Å². The van der Waals surface area contributed by atoms with Crippen LogP contribution < -0.4 is 0 Å². The number of phenols is 1. The SMILES string of the molecule is CC(=O)CCC(=O)Cc1ccc2c(c1O)C(=O)C1=C(O)[C@@]3(O)C(=O)C(C(C)=O)=C(O)C(C(C)C)[C@@]3(C)C[C@@]1(C)C2. The standard InChI is InChI=1S/C31H36O9/c1-14(2)22-25(36)20(16(4)33)27(38)31(40)28(39)23-26(37)21-18(12-29(23,5)13-30(22,31)6)9-8-17(24(21)35)11-19(34)10-7-15(3)32/h8-9,14,22,35-36,39-40H,7,10-13H2,1-6H3/t22?,29-,30-,31+/m1/s1. The van der Waals surface area contributed by atoms with Crippen molar-refractivity contribution in [2.45, 2.75) is 79.2 Å². The summed E-state index contributed by atoms with van der Waals surface area (Å²) in [4.78, 5) is 63.8. The molecule has 9 nitrogen and oxygen atoms in total. The van der Waals surface area contributed by atoms with Gasteiger partial charge in [-0.3, -0.25) is 19.2 Å². The third-order valence-corrected chi connectivity index (χ3v) is 9.10. The average Bonchev–Trinajstić information content (AvgIpc) is 2.81. The third kappa shape index (κ3) is 3.97. The molecule has 0 fully saturated rings. The first-order valence-corrected chi connectivity index (χ1v) is 13.5. The van der Waals surface area contributed by atoms with Gasteiger partial charge in [-0.05, 0) is 38.2 Å². The summed E-state index contributed by atoms with van der Waals surface area (Å²) in [7, 11) is 0. The summed E-state index contributed by atoms with van der Waals surface area (Å²) >= 11 is 0. The smallest absolute Gasteiger partial charge is 0.209 e. The number of ketones is 5. The monoisotopic (exact) mass is 552 g/mol. The minimum absolute atomic E-state index is 0.00654. The highest BCUT2D eigenvalue weighted by molar-refractivity contribution is 6.25. The number of hydrogen-bond acceptors (Lipinski definition) is 9. The first-order chi connectivity index (χ1) is 18.4. The molecule has 0 saturated carbocycles. The van der Waals surface area contributed by atoms with Crippen LogP contribution in [0.5, 0.6) is 5.75 Å². The Labute approximate surface area is 232 Å². The summed E-state index contributed by atoms with van der Waals surface area (Å²) in [6, 6.07) is 3.20. The summed E-state index contributed by atoms with van der Waals surface area (Å²) < 4.78 is 0. The number of phenolic OH excluding ortho intramolecular Hbond substituents is 1. The van der Waals surface area contributed by atoms with Gasteiger partial charge in [0.15, 0.2) is 17.2 Å². The molecule has 0 radical (unpaired) electrons. The number of hydrogen-bond donors (Lipinski definition) is 4. The fourth-order valence-electron chi connectivity index (χ4n) is 7.53. The molecule has 0 saturated heterocycles. The van der Waals surface area contributed by atoms with Crippen molar-refractivity contribution in [1.82, 2.24) is 0 Å². The number of aromatic hydroxyl groups is 1. The maximum absolute atomic E-state index is 14.0. The van der Waals surface area contributed by atoms with Gasteiger partial charge in [0.25, 0.3) is 0 Å². The van der Waals surface area contributed by atoms with Gasteiger partial charge in [-0.25, -0.2) is 0 Å². The molecule has 0 aromatic heterocycles. The molecule has 4 rings (SSSR count). The van der Waals surface area contributed by atoms with Gasteiger partial charge >= 0.3 is 0 Å². The van der Waals surface area contributed by atoms with Crippen molar-refractivity contribution in [2.75, 3.05) is 0 Å². The van der Waals surface area contributed by atoms with Gasteiger partial charge in [0.2, 0.25) is 5.78 Å². The third-order valence-electron chi connectivity index (χ3n) is 9.10. The van der Waals surface area contributed by atoms with E-state index in [0.717, 1.165) is 6.92 Å². The lowest BCUT2D eigenvalue weighted by Crippen LogP contribution is -2.67. The zero-order chi connectivity index (χ0) is 30.1. The largest absolute Gasteiger partial charge is 0.511 e. The van der Waals surface area contributed by atoms with Crippen molar-refractivity contribution in [3.8, 4) is 5.75 Å². The molecule has 3 aliphatic carbocycles. The molecule has 4 atom stereocenters. The highest BCUT2D eigenvalue weighted by Gasteiger charge is 2.71. The van der Waals surface area contributed by atoms with Crippen LogP contribution in [0.15, 0.2) is 34.8 Å². The van der Waals surface area contributed by atoms with E-state index in [9.17, 15) is 44.4 Å². The second-order valence-corrected chi connectivity index (χ2v) is 12.5. The molecule has 0 spiro atoms. The minimum atomic E-state index is -2.67. The van der Waals surface area contributed by atoms with Crippen molar-refractivity contribution in [2.24, 2.45) is 22.7 Å². The maximum Gasteiger partial charge on any atom is 0.209 e. The van der Waals surface area contributed by atoms with Gasteiger partial charge in [-0.15, -0.1) is 0 Å². The van der Waals surface area contributed by atoms with Crippen LogP contribution in [0, 0.1) is 22.7 Å². The Bertz CT molecular complexity index is 1440. The molecule has 9 heteroatoms. The van der Waals surface area contributed by atoms with E-state index in [2.05, 4.69) is 0 Å². The van der Waals surface area contributed by atoms with Crippen LogP contribution in [0.1, 0.15) is 82.3 Å². The van der Waals surface area contributed by atoms with Gasteiger partial charge in [0, 0.05) is 47.1 Å². The molecule has 40 heavy (non-hydrogen) atoms. The van der Waals surface area contributed by atoms with Gasteiger partial charge in [0.1, 0.15) is 34.4 Å². The Kier molecular flexibility index (Phi) is 6.99. The Morgan fingerprint density at radius 3 is 2.20 bits per heavy atom. The topological polar surface area (TPSA) is 166 Å². The van der Waals surface area contributed by atoms with E-state index in [0.29, 0.717) is 5.56 Å². The second-order valence-electron chi connectivity index (χ2n) is 12.5. The van der Waals surface area contributed by atoms with E-state index in [4.69, 9.17) is 0 Å². The highest BCUT2D eigenvalue weighted by Crippen LogP contribution is 2.65. The van der Waals surface area contributed by atoms with Crippen LogP contribution in [0.3, 0.4) is 0 Å². The summed E-state index contributed by atoms with van der Waals surface area (Å²) in [5.74, 6) is -6.15. The number of benzene rings is 1. The number of carbonyl (C=O) groups is 5. The molecule has 1 unspecified atom stereocenters. The van der Waals surface area contributed by atoms with Crippen LogP contribution in [-0.2, 0) is 32.0 Å². The molecule has 0 heterocycles. The number of carbonyl (C=O) groups excluding carboxylic acids is 5. The first kappa shape index (κ1) is 29.4. The van der Waals surface area contributed by atoms with E-state index in [1.54, 1.807) is 39.8 Å². The molecule has 3 aliphatic rings. The van der Waals surface area contributed by atoms with Crippen molar-refractivity contribution in [3.05, 3.63) is 51.5 Å². The Hall–Kier alpha value is -3.59. The first-order valence-electron chi connectivity index (χ1n) is 13.5. The van der Waals surface area contributed by atoms with Crippen molar-refractivity contribution in [1.29, 1.82) is 0 Å². The van der Waals surface area contributed by atoms with Gasteiger partial charge in [-0.2, -0.15) is 0 Å². The van der Waals surface area contributed by atoms with E-state index in [1.165, 1.54) is 6.92 Å². The minimum Gasteiger partial charge on any atom is -0.511 e. The fourth-order valence-corrected chi connectivity index (χ4v) is 7.53. The van der Waals surface area contributed by atoms with E-state index >= 15 is 0 Å². The normalized spacial score (nSPS) is 29.8. The maximum atomic E-state index is 14.0. The van der Waals surface area contributed by atoms with E-state index in [-0.39, 0.29) is 66.3 Å². The Morgan fingerprint density at radius 1 is 1.02 bits per heavy atom. The molecule has 214 valence electrons. The number of allylic oxidation sites excluding steroid dienone is 2. The molecule has 0 bridgehead atoms. The summed E-state index contributed by atoms with van der Waals surface area (Å²) in [6.45, 7) is 9.31. The van der Waals surface area contributed by atoms with Crippen LogP contribution in [0.4, 0.5) is 0 Å². The van der Waals surface area contributed by atoms with Crippen molar-refractivity contribution < 1.29 is 44.4 Å². The van der Waals surface area contributed by atoms with Crippen molar-refractivity contribution in [3.63, 3.8) is 0 Å². The molecular weight excluding hydrogens is 516 g/mol. The number of rotatable bonds is 7. The summed E-state index contributed by atoms with van der Waals surface area (Å²) in [5, 5.41) is 46.0. The number of aliphatic hydroxyl groups is 3. The van der Waals surface area contributed by atoms with Crippen LogP contribution >= 0.6 is 0 Å². The molecule has 4 N–H and O–H groups in total. The molecular formula is C31H36O9.